The van der Waals surface area contributed by atoms with Gasteiger partial charge in [0.05, 0.1) is 11.6 Å². The number of benzene rings is 1. The van der Waals surface area contributed by atoms with E-state index >= 15 is 0 Å². The van der Waals surface area contributed by atoms with Crippen LogP contribution in [0, 0.1) is 5.92 Å². The van der Waals surface area contributed by atoms with Gasteiger partial charge in [-0.05, 0) is 44.7 Å². The lowest BCUT2D eigenvalue weighted by Crippen LogP contribution is -2.51. The molecular formula is C26H35N5O7S. The van der Waals surface area contributed by atoms with Crippen LogP contribution in [0.1, 0.15) is 62.7 Å². The molecular weight excluding hydrogens is 526 g/mol. The number of nitrogens with one attached hydrogen (secondary N) is 2. The number of carboxylic acids is 1. The zero-order valence-corrected chi connectivity index (χ0v) is 23.6. The van der Waals surface area contributed by atoms with Gasteiger partial charge in [-0.2, -0.15) is 0 Å². The van der Waals surface area contributed by atoms with Gasteiger partial charge in [-0.25, -0.2) is 14.6 Å². The lowest BCUT2D eigenvalue weighted by molar-refractivity contribution is -0.129. The number of hydrogen-bond donors (Lipinski definition) is 4. The lowest BCUT2D eigenvalue weighted by Gasteiger charge is -2.23. The second-order valence-electron chi connectivity index (χ2n) is 10.1. The van der Waals surface area contributed by atoms with Crippen LogP contribution < -0.4 is 16.4 Å². The van der Waals surface area contributed by atoms with E-state index in [0.717, 1.165) is 11.3 Å². The summed E-state index contributed by atoms with van der Waals surface area (Å²) in [4.78, 5) is 59.2. The molecule has 1 heterocycles. The van der Waals surface area contributed by atoms with Crippen molar-refractivity contribution in [2.24, 2.45) is 16.8 Å². The molecule has 0 radical (unpaired) electrons. The number of carbonyl (C=O) groups excluding carboxylic acids is 3. The van der Waals surface area contributed by atoms with Crippen molar-refractivity contribution in [1.29, 1.82) is 0 Å². The van der Waals surface area contributed by atoms with E-state index in [1.54, 1.807) is 45.0 Å². The Hall–Kier alpha value is -3.84. The van der Waals surface area contributed by atoms with Crippen LogP contribution >= 0.6 is 11.3 Å². The predicted octanol–water partition coefficient (Wildman–Crippen LogP) is 2.57. The Morgan fingerprint density at radius 1 is 1.15 bits per heavy atom. The average Bonchev–Trinajstić information content (AvgIpc) is 3.28. The van der Waals surface area contributed by atoms with Gasteiger partial charge >= 0.3 is 11.9 Å². The first-order valence-corrected chi connectivity index (χ1v) is 13.1. The van der Waals surface area contributed by atoms with Gasteiger partial charge in [0.1, 0.15) is 24.4 Å². The molecule has 0 aliphatic heterocycles. The van der Waals surface area contributed by atoms with Gasteiger partial charge in [-0.3, -0.25) is 9.59 Å². The highest BCUT2D eigenvalue weighted by atomic mass is 32.1. The Bertz CT molecular complexity index is 1220. The Balaban J connectivity index is 2.36. The fourth-order valence-electron chi connectivity index (χ4n) is 3.47. The van der Waals surface area contributed by atoms with Crippen LogP contribution in [0.3, 0.4) is 0 Å². The van der Waals surface area contributed by atoms with Gasteiger partial charge in [0, 0.05) is 11.8 Å². The van der Waals surface area contributed by atoms with Crippen molar-refractivity contribution in [2.45, 2.75) is 65.1 Å². The summed E-state index contributed by atoms with van der Waals surface area (Å²) in [7, 11) is 1.20. The number of thiazole rings is 1. The summed E-state index contributed by atoms with van der Waals surface area (Å²) in [5.74, 6) is -2.94. The fourth-order valence-corrected chi connectivity index (χ4v) is 4.17. The standard InChI is InChI=1S/C26H35N5O7S/c1-14(2)11-17(27)21(32)28-18(12-15-9-7-8-10-16(15)24(36)38-26(3,4)5)22(33)30-25-29-19(13-39-25)20(23(34)35)31-37-6/h7-10,13-14,17-18H,11-12,27H2,1-6H3,(H,28,32)(H,34,35)(H,29,30,33)/b31-20-/t17-,18-/m0/s1. The number of oxime groups is 1. The van der Waals surface area contributed by atoms with Crippen LogP contribution in [-0.4, -0.2) is 64.3 Å². The molecule has 0 unspecified atom stereocenters. The average molecular weight is 562 g/mol. The van der Waals surface area contributed by atoms with Crippen LogP contribution in [-0.2, 0) is 30.4 Å². The second-order valence-corrected chi connectivity index (χ2v) is 11.0. The third-order valence-corrected chi connectivity index (χ3v) is 5.88. The minimum atomic E-state index is -1.36. The van der Waals surface area contributed by atoms with Crippen LogP contribution in [0.5, 0.6) is 0 Å². The number of rotatable bonds is 12. The first-order chi connectivity index (χ1) is 18.2. The first kappa shape index (κ1) is 31.4. The maximum atomic E-state index is 13.4. The Morgan fingerprint density at radius 2 is 1.82 bits per heavy atom. The van der Waals surface area contributed by atoms with E-state index < -0.39 is 47.1 Å². The highest BCUT2D eigenvalue weighted by Crippen LogP contribution is 2.20. The summed E-state index contributed by atoms with van der Waals surface area (Å²) < 4.78 is 5.50. The fraction of sp³-hybridized carbons (Fsp3) is 0.462. The minimum absolute atomic E-state index is 0.0144. The zero-order valence-electron chi connectivity index (χ0n) is 22.8. The second kappa shape index (κ2) is 13.8. The summed E-state index contributed by atoms with van der Waals surface area (Å²) >= 11 is 0.967. The molecule has 1 aromatic carbocycles. The Morgan fingerprint density at radius 3 is 2.41 bits per heavy atom. The molecule has 39 heavy (non-hydrogen) atoms. The molecule has 0 saturated carbocycles. The SMILES string of the molecule is CO/N=C(\C(=O)O)c1csc(NC(=O)[C@H](Cc2ccccc2C(=O)OC(C)(C)C)NC(=O)[C@@H](N)CC(C)C)n1. The van der Waals surface area contributed by atoms with Gasteiger partial charge in [-0.1, -0.05) is 37.2 Å². The summed E-state index contributed by atoms with van der Waals surface area (Å²) in [6.45, 7) is 9.08. The molecule has 12 nitrogen and oxygen atoms in total. The van der Waals surface area contributed by atoms with E-state index in [0.29, 0.717) is 12.0 Å². The van der Waals surface area contributed by atoms with Gasteiger partial charge in [0.25, 0.3) is 0 Å². The van der Waals surface area contributed by atoms with E-state index in [2.05, 4.69) is 25.6 Å². The molecule has 0 aliphatic carbocycles. The van der Waals surface area contributed by atoms with Gasteiger partial charge in [-0.15, -0.1) is 11.3 Å². The van der Waals surface area contributed by atoms with Gasteiger partial charge < -0.3 is 31.0 Å². The normalized spacial score (nSPS) is 13.4. The van der Waals surface area contributed by atoms with E-state index in [9.17, 15) is 24.3 Å². The van der Waals surface area contributed by atoms with Gasteiger partial charge in [0.2, 0.25) is 17.5 Å². The van der Waals surface area contributed by atoms with Crippen molar-refractivity contribution in [3.05, 3.63) is 46.5 Å². The number of esters is 1. The molecule has 0 fully saturated rings. The molecule has 5 N–H and O–H groups in total. The number of amides is 2. The van der Waals surface area contributed by atoms with Crippen molar-refractivity contribution in [3.8, 4) is 0 Å². The van der Waals surface area contributed by atoms with Gasteiger partial charge in [0.15, 0.2) is 5.13 Å². The topological polar surface area (TPSA) is 182 Å². The number of anilines is 1. The van der Waals surface area contributed by atoms with Crippen molar-refractivity contribution in [3.63, 3.8) is 0 Å². The number of nitrogens with two attached hydrogens (primary N) is 1. The molecule has 13 heteroatoms. The molecule has 2 amide bonds. The Kier molecular flexibility index (Phi) is 11.1. The number of carboxylic acid groups (broad SMARTS) is 1. The van der Waals surface area contributed by atoms with Crippen LogP contribution in [0.4, 0.5) is 5.13 Å². The molecule has 212 valence electrons. The van der Waals surface area contributed by atoms with Crippen LogP contribution in [0.15, 0.2) is 34.8 Å². The summed E-state index contributed by atoms with van der Waals surface area (Å²) in [5.41, 5.74) is 5.59. The van der Waals surface area contributed by atoms with E-state index in [-0.39, 0.29) is 28.7 Å². The number of aromatic nitrogens is 1. The minimum Gasteiger partial charge on any atom is -0.476 e. The molecule has 2 aromatic rings. The van der Waals surface area contributed by atoms with Crippen LogP contribution in [0.25, 0.3) is 0 Å². The lowest BCUT2D eigenvalue weighted by atomic mass is 9.98. The number of ether oxygens (including phenoxy) is 1. The number of nitrogens with zero attached hydrogens (tertiary/aromatic N) is 2. The number of aliphatic carboxylic acids is 1. The Labute approximate surface area is 231 Å². The predicted molar refractivity (Wildman–Crippen MR) is 147 cm³/mol. The monoisotopic (exact) mass is 561 g/mol. The third kappa shape index (κ3) is 9.76. The number of hydrogen-bond acceptors (Lipinski definition) is 10. The molecule has 2 atom stereocenters. The summed E-state index contributed by atoms with van der Waals surface area (Å²) in [5, 5.41) is 19.5. The summed E-state index contributed by atoms with van der Waals surface area (Å²) in [6, 6.07) is 4.64. The van der Waals surface area contributed by atoms with E-state index in [4.69, 9.17) is 10.5 Å². The quantitative estimate of drug-likeness (QED) is 0.172. The molecule has 0 saturated heterocycles. The van der Waals surface area contributed by atoms with Crippen molar-refractivity contribution in [2.75, 3.05) is 12.4 Å². The smallest absolute Gasteiger partial charge is 0.360 e. The zero-order chi connectivity index (χ0) is 29.3. The number of carbonyl (C=O) groups is 4. The molecule has 1 aromatic heterocycles. The highest BCUT2D eigenvalue weighted by molar-refractivity contribution is 7.14. The van der Waals surface area contributed by atoms with Crippen LogP contribution in [0.2, 0.25) is 0 Å². The van der Waals surface area contributed by atoms with E-state index in [1.165, 1.54) is 12.5 Å². The molecule has 0 bridgehead atoms. The third-order valence-electron chi connectivity index (χ3n) is 5.12. The molecule has 2 rings (SSSR count). The first-order valence-electron chi connectivity index (χ1n) is 12.2. The van der Waals surface area contributed by atoms with Crippen molar-refractivity contribution < 1.29 is 33.9 Å². The van der Waals surface area contributed by atoms with E-state index in [1.807, 2.05) is 13.8 Å². The summed E-state index contributed by atoms with van der Waals surface area (Å²) in [6.07, 6.45) is 0.354. The highest BCUT2D eigenvalue weighted by Gasteiger charge is 2.28. The van der Waals surface area contributed by atoms with Crippen molar-refractivity contribution in [1.82, 2.24) is 10.3 Å². The molecule has 0 aliphatic rings. The maximum absolute atomic E-state index is 13.4. The maximum Gasteiger partial charge on any atom is 0.360 e. The van der Waals surface area contributed by atoms with Crippen molar-refractivity contribution >= 4 is 45.9 Å². The largest absolute Gasteiger partial charge is 0.476 e. The molecule has 0 spiro atoms.